The van der Waals surface area contributed by atoms with Crippen LogP contribution in [0.4, 0.5) is 0 Å². The van der Waals surface area contributed by atoms with E-state index in [-0.39, 0.29) is 5.91 Å². The van der Waals surface area contributed by atoms with Gasteiger partial charge in [0, 0.05) is 0 Å². The molecular weight excluding hydrogens is 168 g/mol. The van der Waals surface area contributed by atoms with Crippen molar-refractivity contribution in [1.82, 2.24) is 5.32 Å². The van der Waals surface area contributed by atoms with Gasteiger partial charge in [0.15, 0.2) is 0 Å². The summed E-state index contributed by atoms with van der Waals surface area (Å²) in [6, 6.07) is 3.16. The minimum absolute atomic E-state index is 0.140. The number of hydrogen-bond donors (Lipinski definition) is 2. The fourth-order valence-corrected chi connectivity index (χ4v) is 0.904. The first-order valence-electron chi connectivity index (χ1n) is 4.29. The van der Waals surface area contributed by atoms with Gasteiger partial charge in [0.25, 0.3) is 0 Å². The normalized spacial score (nSPS) is 12.5. The standard InChI is InChI=1S/C9H14N2O2/c1-2-8(10)9(12)11-6-7-4-3-5-13-7/h3-5,8H,2,6,10H2,1H3,(H,11,12)/t8-/m1/s1. The van der Waals surface area contributed by atoms with Gasteiger partial charge in [-0.05, 0) is 18.6 Å². The van der Waals surface area contributed by atoms with E-state index < -0.39 is 6.04 Å². The van der Waals surface area contributed by atoms with Crippen molar-refractivity contribution in [3.05, 3.63) is 24.2 Å². The molecule has 1 aromatic rings. The van der Waals surface area contributed by atoms with Crippen LogP contribution in [0, 0.1) is 0 Å². The minimum Gasteiger partial charge on any atom is -0.467 e. The molecule has 1 aromatic heterocycles. The molecule has 0 aromatic carbocycles. The predicted octanol–water partition coefficient (Wildman–Crippen LogP) is 0.633. The number of carbonyl (C=O) groups is 1. The van der Waals surface area contributed by atoms with Crippen LogP contribution < -0.4 is 11.1 Å². The molecule has 1 heterocycles. The second-order valence-corrected chi connectivity index (χ2v) is 2.81. The molecule has 0 aliphatic heterocycles. The molecular formula is C9H14N2O2. The average Bonchev–Trinajstić information content (AvgIpc) is 2.65. The maximum atomic E-state index is 11.2. The van der Waals surface area contributed by atoms with Crippen molar-refractivity contribution in [2.24, 2.45) is 5.73 Å². The highest BCUT2D eigenvalue weighted by Crippen LogP contribution is 1.98. The Hall–Kier alpha value is -1.29. The van der Waals surface area contributed by atoms with Crippen molar-refractivity contribution in [3.8, 4) is 0 Å². The Kier molecular flexibility index (Phi) is 3.52. The van der Waals surface area contributed by atoms with Gasteiger partial charge in [0.2, 0.25) is 5.91 Å². The average molecular weight is 182 g/mol. The molecule has 0 bridgehead atoms. The van der Waals surface area contributed by atoms with E-state index >= 15 is 0 Å². The van der Waals surface area contributed by atoms with Crippen molar-refractivity contribution >= 4 is 5.91 Å². The Bertz CT molecular complexity index is 257. The Balaban J connectivity index is 2.31. The lowest BCUT2D eigenvalue weighted by molar-refractivity contribution is -0.122. The Morgan fingerprint density at radius 1 is 1.77 bits per heavy atom. The van der Waals surface area contributed by atoms with E-state index in [9.17, 15) is 4.79 Å². The summed E-state index contributed by atoms with van der Waals surface area (Å²) in [4.78, 5) is 11.2. The lowest BCUT2D eigenvalue weighted by Crippen LogP contribution is -2.39. The maximum Gasteiger partial charge on any atom is 0.237 e. The van der Waals surface area contributed by atoms with Crippen molar-refractivity contribution in [2.75, 3.05) is 0 Å². The summed E-state index contributed by atoms with van der Waals surface area (Å²) >= 11 is 0. The third kappa shape index (κ3) is 2.91. The summed E-state index contributed by atoms with van der Waals surface area (Å²) < 4.78 is 5.04. The molecule has 1 rings (SSSR count). The number of nitrogens with one attached hydrogen (secondary N) is 1. The number of hydrogen-bond acceptors (Lipinski definition) is 3. The Morgan fingerprint density at radius 2 is 2.54 bits per heavy atom. The smallest absolute Gasteiger partial charge is 0.237 e. The van der Waals surface area contributed by atoms with Gasteiger partial charge in [-0.1, -0.05) is 6.92 Å². The van der Waals surface area contributed by atoms with Crippen LogP contribution in [0.15, 0.2) is 22.8 Å². The van der Waals surface area contributed by atoms with E-state index in [4.69, 9.17) is 10.2 Å². The van der Waals surface area contributed by atoms with Crippen LogP contribution in [0.2, 0.25) is 0 Å². The van der Waals surface area contributed by atoms with Crippen molar-refractivity contribution < 1.29 is 9.21 Å². The summed E-state index contributed by atoms with van der Waals surface area (Å²) in [7, 11) is 0. The molecule has 3 N–H and O–H groups in total. The zero-order chi connectivity index (χ0) is 9.68. The third-order valence-electron chi connectivity index (χ3n) is 1.79. The van der Waals surface area contributed by atoms with Crippen molar-refractivity contribution in [3.63, 3.8) is 0 Å². The van der Waals surface area contributed by atoms with E-state index in [1.165, 1.54) is 0 Å². The highest BCUT2D eigenvalue weighted by atomic mass is 16.3. The van der Waals surface area contributed by atoms with Crippen molar-refractivity contribution in [2.45, 2.75) is 25.9 Å². The molecule has 1 amide bonds. The molecule has 0 fully saturated rings. The first kappa shape index (κ1) is 9.80. The number of amides is 1. The van der Waals surface area contributed by atoms with Gasteiger partial charge >= 0.3 is 0 Å². The summed E-state index contributed by atoms with van der Waals surface area (Å²) in [5, 5.41) is 2.68. The summed E-state index contributed by atoms with van der Waals surface area (Å²) in [5.41, 5.74) is 5.51. The molecule has 4 nitrogen and oxygen atoms in total. The topological polar surface area (TPSA) is 68.3 Å². The molecule has 1 atom stereocenters. The van der Waals surface area contributed by atoms with Gasteiger partial charge in [-0.15, -0.1) is 0 Å². The number of rotatable bonds is 4. The summed E-state index contributed by atoms with van der Waals surface area (Å²) in [5.74, 6) is 0.593. The van der Waals surface area contributed by atoms with Gasteiger partial charge in [0.05, 0.1) is 18.8 Å². The highest BCUT2D eigenvalue weighted by molar-refractivity contribution is 5.81. The molecule has 0 spiro atoms. The molecule has 0 aliphatic carbocycles. The van der Waals surface area contributed by atoms with Crippen molar-refractivity contribution in [1.29, 1.82) is 0 Å². The molecule has 0 unspecified atom stereocenters. The van der Waals surface area contributed by atoms with E-state index in [0.717, 1.165) is 5.76 Å². The molecule has 13 heavy (non-hydrogen) atoms. The predicted molar refractivity (Wildman–Crippen MR) is 48.8 cm³/mol. The fourth-order valence-electron chi connectivity index (χ4n) is 0.904. The van der Waals surface area contributed by atoms with Crippen LogP contribution >= 0.6 is 0 Å². The van der Waals surface area contributed by atoms with Crippen LogP contribution in [0.25, 0.3) is 0 Å². The summed E-state index contributed by atoms with van der Waals surface area (Å²) in [6.07, 6.45) is 2.21. The number of nitrogens with two attached hydrogens (primary N) is 1. The van der Waals surface area contributed by atoms with Crippen LogP contribution in [-0.2, 0) is 11.3 Å². The third-order valence-corrected chi connectivity index (χ3v) is 1.79. The van der Waals surface area contributed by atoms with Gasteiger partial charge in [-0.2, -0.15) is 0 Å². The lowest BCUT2D eigenvalue weighted by atomic mass is 10.2. The van der Waals surface area contributed by atoms with E-state index in [1.807, 2.05) is 6.92 Å². The second-order valence-electron chi connectivity index (χ2n) is 2.81. The summed E-state index contributed by atoms with van der Waals surface area (Å²) in [6.45, 7) is 2.27. The number of furan rings is 1. The van der Waals surface area contributed by atoms with Crippen LogP contribution in [0.1, 0.15) is 19.1 Å². The van der Waals surface area contributed by atoms with Gasteiger partial charge in [-0.25, -0.2) is 0 Å². The first-order chi connectivity index (χ1) is 6.24. The number of carbonyl (C=O) groups excluding carboxylic acids is 1. The molecule has 0 aliphatic rings. The molecule has 0 saturated carbocycles. The zero-order valence-electron chi connectivity index (χ0n) is 7.62. The molecule has 4 heteroatoms. The largest absolute Gasteiger partial charge is 0.467 e. The minimum atomic E-state index is -0.421. The van der Waals surface area contributed by atoms with Gasteiger partial charge in [0.1, 0.15) is 5.76 Å². The fraction of sp³-hybridized carbons (Fsp3) is 0.444. The van der Waals surface area contributed by atoms with Gasteiger partial charge < -0.3 is 15.5 Å². The molecule has 0 saturated heterocycles. The van der Waals surface area contributed by atoms with E-state index in [2.05, 4.69) is 5.32 Å². The Morgan fingerprint density at radius 3 is 3.08 bits per heavy atom. The first-order valence-corrected chi connectivity index (χ1v) is 4.29. The second kappa shape index (κ2) is 4.67. The monoisotopic (exact) mass is 182 g/mol. The van der Waals surface area contributed by atoms with Crippen LogP contribution in [0.5, 0.6) is 0 Å². The zero-order valence-corrected chi connectivity index (χ0v) is 7.62. The molecule has 0 radical (unpaired) electrons. The molecule has 72 valence electrons. The van der Waals surface area contributed by atoms with Gasteiger partial charge in [-0.3, -0.25) is 4.79 Å². The Labute approximate surface area is 77.1 Å². The maximum absolute atomic E-state index is 11.2. The SMILES string of the molecule is CC[C@@H](N)C(=O)NCc1ccco1. The van der Waals surface area contributed by atoms with E-state index in [1.54, 1.807) is 18.4 Å². The van der Waals surface area contributed by atoms with Crippen LogP contribution in [0.3, 0.4) is 0 Å². The lowest BCUT2D eigenvalue weighted by Gasteiger charge is -2.08. The quantitative estimate of drug-likeness (QED) is 0.717. The van der Waals surface area contributed by atoms with Crippen LogP contribution in [-0.4, -0.2) is 11.9 Å². The van der Waals surface area contributed by atoms with E-state index in [0.29, 0.717) is 13.0 Å². The highest BCUT2D eigenvalue weighted by Gasteiger charge is 2.10.